The first-order chi connectivity index (χ1) is 17.1. The van der Waals surface area contributed by atoms with Crippen LogP contribution in [0.1, 0.15) is 62.9 Å². The van der Waals surface area contributed by atoms with Crippen LogP contribution < -0.4 is 25.7 Å². The molecule has 2 aromatic rings. The van der Waals surface area contributed by atoms with Gasteiger partial charge >= 0.3 is 0 Å². The van der Waals surface area contributed by atoms with E-state index in [1.54, 1.807) is 47.4 Å². The summed E-state index contributed by atoms with van der Waals surface area (Å²) in [4.78, 5) is 26.2. The number of unbranched alkanes of at least 4 members (excludes halogenated alkanes) is 2. The molecule has 2 amide bonds. The Morgan fingerprint density at radius 3 is 1.89 bits per heavy atom. The minimum absolute atomic E-state index is 0. The average molecular weight is 535 g/mol. The summed E-state index contributed by atoms with van der Waals surface area (Å²) in [6, 6.07) is 12.1. The normalized spacial score (nSPS) is 10.5. The van der Waals surface area contributed by atoms with Crippen molar-refractivity contribution in [2.24, 2.45) is 11.5 Å². The maximum absolute atomic E-state index is 13.2. The summed E-state index contributed by atoms with van der Waals surface area (Å²) in [5, 5.41) is 7.41. The predicted molar refractivity (Wildman–Crippen MR) is 147 cm³/mol. The van der Waals surface area contributed by atoms with E-state index in [0.29, 0.717) is 30.1 Å². The summed E-state index contributed by atoms with van der Waals surface area (Å²) in [7, 11) is 0. The van der Waals surface area contributed by atoms with Crippen molar-refractivity contribution in [1.29, 1.82) is 5.41 Å². The van der Waals surface area contributed by atoms with Gasteiger partial charge in [-0.3, -0.25) is 15.0 Å². The Hall–Kier alpha value is -3.46. The maximum Gasteiger partial charge on any atom is 0.258 e. The van der Waals surface area contributed by atoms with Gasteiger partial charge in [-0.2, -0.15) is 0 Å². The summed E-state index contributed by atoms with van der Waals surface area (Å²) in [6.45, 7) is 8.54. The second kappa shape index (κ2) is 15.6. The van der Waals surface area contributed by atoms with Crippen molar-refractivity contribution >= 4 is 30.1 Å². The molecule has 0 saturated carbocycles. The highest BCUT2D eigenvalue weighted by molar-refractivity contribution is 5.97. The molecule has 0 aliphatic heterocycles. The van der Waals surface area contributed by atoms with Crippen LogP contribution in [0, 0.1) is 5.41 Å². The maximum atomic E-state index is 13.2. The monoisotopic (exact) mass is 534 g/mol. The molecular weight excluding hydrogens is 496 g/mol. The van der Waals surface area contributed by atoms with Crippen molar-refractivity contribution < 1.29 is 23.8 Å². The molecular formula is C27H39ClN4O5. The van der Waals surface area contributed by atoms with E-state index in [4.69, 9.17) is 31.1 Å². The first kappa shape index (κ1) is 31.6. The molecule has 5 N–H and O–H groups in total. The fraction of sp³-hybridized carbons (Fsp3) is 0.444. The van der Waals surface area contributed by atoms with Crippen LogP contribution >= 0.6 is 12.4 Å². The molecule has 2 aromatic carbocycles. The van der Waals surface area contributed by atoms with Crippen molar-refractivity contribution in [1.82, 2.24) is 4.90 Å². The Labute approximate surface area is 225 Å². The van der Waals surface area contributed by atoms with E-state index < -0.39 is 5.91 Å². The smallest absolute Gasteiger partial charge is 0.258 e. The van der Waals surface area contributed by atoms with E-state index in [9.17, 15) is 9.59 Å². The number of carbonyl (C=O) groups excluding carboxylic acids is 2. The first-order valence-electron chi connectivity index (χ1n) is 12.2. The number of nitrogens with one attached hydrogen (secondary N) is 1. The number of hydrogen-bond acceptors (Lipinski definition) is 6. The van der Waals surface area contributed by atoms with Crippen LogP contribution in [0.15, 0.2) is 42.5 Å². The Kier molecular flexibility index (Phi) is 13.3. The second-order valence-electron chi connectivity index (χ2n) is 9.01. The van der Waals surface area contributed by atoms with Gasteiger partial charge in [-0.15, -0.1) is 12.4 Å². The number of nitrogens with zero attached hydrogens (tertiary/aromatic N) is 1. The lowest BCUT2D eigenvalue weighted by Gasteiger charge is -2.31. The molecule has 0 bridgehead atoms. The molecule has 10 heteroatoms. The van der Waals surface area contributed by atoms with Crippen LogP contribution in [0.3, 0.4) is 0 Å². The zero-order valence-electron chi connectivity index (χ0n) is 22.0. The van der Waals surface area contributed by atoms with Crippen molar-refractivity contribution in [3.63, 3.8) is 0 Å². The highest BCUT2D eigenvalue weighted by atomic mass is 35.5. The molecule has 0 unspecified atom stereocenters. The Bertz CT molecular complexity index is 1020. The van der Waals surface area contributed by atoms with E-state index in [1.807, 2.05) is 27.7 Å². The number of benzene rings is 2. The summed E-state index contributed by atoms with van der Waals surface area (Å²) in [6.07, 6.45) is 2.59. The van der Waals surface area contributed by atoms with E-state index >= 15 is 0 Å². The van der Waals surface area contributed by atoms with Gasteiger partial charge in [0.2, 0.25) is 0 Å². The number of nitrogens with two attached hydrogens (primary N) is 2. The number of ether oxygens (including phenoxy) is 3. The fourth-order valence-corrected chi connectivity index (χ4v) is 3.73. The predicted octanol–water partition coefficient (Wildman–Crippen LogP) is 4.14. The van der Waals surface area contributed by atoms with Crippen LogP contribution in [0.2, 0.25) is 0 Å². The molecule has 0 aromatic heterocycles. The molecule has 0 spiro atoms. The molecule has 0 aliphatic carbocycles. The molecule has 0 heterocycles. The van der Waals surface area contributed by atoms with Crippen molar-refractivity contribution in [3.8, 4) is 17.2 Å². The molecule has 0 aliphatic rings. The number of rotatable bonds is 15. The van der Waals surface area contributed by atoms with E-state index in [0.717, 1.165) is 25.0 Å². The summed E-state index contributed by atoms with van der Waals surface area (Å²) < 4.78 is 17.1. The third-order valence-corrected chi connectivity index (χ3v) is 5.39. The lowest BCUT2D eigenvalue weighted by molar-refractivity contribution is -0.119. The number of primary amides is 1. The van der Waals surface area contributed by atoms with Gasteiger partial charge in [-0.05, 0) is 83.4 Å². The molecule has 0 atom stereocenters. The SMILES string of the molecule is CC(C)N(C(=O)c1ccc(OCCCCCOc2ccc(C(=N)N)cc2)cc1OCC(N)=O)C(C)C.Cl. The van der Waals surface area contributed by atoms with E-state index in [-0.39, 0.29) is 48.6 Å². The minimum atomic E-state index is -0.624. The highest BCUT2D eigenvalue weighted by Gasteiger charge is 2.25. The number of halogens is 1. The number of amides is 2. The van der Waals surface area contributed by atoms with Crippen molar-refractivity contribution in [2.75, 3.05) is 19.8 Å². The van der Waals surface area contributed by atoms with Crippen molar-refractivity contribution in [2.45, 2.75) is 59.0 Å². The quantitative estimate of drug-likeness (QED) is 0.178. The van der Waals surface area contributed by atoms with Gasteiger partial charge < -0.3 is 30.6 Å². The van der Waals surface area contributed by atoms with Crippen LogP contribution in [-0.4, -0.2) is 54.5 Å². The molecule has 9 nitrogen and oxygen atoms in total. The molecule has 0 saturated heterocycles. The number of amidine groups is 1. The molecule has 204 valence electrons. The van der Waals surface area contributed by atoms with Crippen molar-refractivity contribution in [3.05, 3.63) is 53.6 Å². The Morgan fingerprint density at radius 2 is 1.38 bits per heavy atom. The van der Waals surface area contributed by atoms with Crippen LogP contribution in [-0.2, 0) is 4.79 Å². The molecule has 0 radical (unpaired) electrons. The fourth-order valence-electron chi connectivity index (χ4n) is 3.73. The third kappa shape index (κ3) is 10.2. The van der Waals surface area contributed by atoms with Gasteiger partial charge in [-0.25, -0.2) is 0 Å². The minimum Gasteiger partial charge on any atom is -0.494 e. The van der Waals surface area contributed by atoms with Gasteiger partial charge in [0.05, 0.1) is 18.8 Å². The first-order valence-corrected chi connectivity index (χ1v) is 12.2. The summed E-state index contributed by atoms with van der Waals surface area (Å²) in [5.74, 6) is 0.786. The van der Waals surface area contributed by atoms with Crippen LogP contribution in [0.5, 0.6) is 17.2 Å². The third-order valence-electron chi connectivity index (χ3n) is 5.39. The molecule has 2 rings (SSSR count). The van der Waals surface area contributed by atoms with E-state index in [1.165, 1.54) is 0 Å². The lowest BCUT2D eigenvalue weighted by atomic mass is 10.1. The Morgan fingerprint density at radius 1 is 0.838 bits per heavy atom. The topological polar surface area (TPSA) is 141 Å². The van der Waals surface area contributed by atoms with Gasteiger partial charge in [0.25, 0.3) is 11.8 Å². The zero-order chi connectivity index (χ0) is 26.7. The summed E-state index contributed by atoms with van der Waals surface area (Å²) >= 11 is 0. The van der Waals surface area contributed by atoms with Gasteiger partial charge in [0.15, 0.2) is 6.61 Å². The average Bonchev–Trinajstić information content (AvgIpc) is 2.82. The molecule has 37 heavy (non-hydrogen) atoms. The summed E-state index contributed by atoms with van der Waals surface area (Å²) in [5.41, 5.74) is 11.7. The number of nitrogen functional groups attached to an aromatic ring is 1. The van der Waals surface area contributed by atoms with Gasteiger partial charge in [-0.1, -0.05) is 0 Å². The highest BCUT2D eigenvalue weighted by Crippen LogP contribution is 2.28. The standard InChI is InChI=1S/C27H38N4O5.ClH/c1-18(2)31(19(3)4)27(33)23-13-12-22(16-24(23)36-17-25(28)32)35-15-7-5-6-14-34-21-10-8-20(9-11-21)26(29)30;/h8-13,16,18-19H,5-7,14-15,17H2,1-4H3,(H2,28,32)(H3,29,30);1H. The largest absolute Gasteiger partial charge is 0.494 e. The van der Waals surface area contributed by atoms with Gasteiger partial charge in [0, 0.05) is 23.7 Å². The lowest BCUT2D eigenvalue weighted by Crippen LogP contribution is -2.42. The zero-order valence-corrected chi connectivity index (χ0v) is 22.8. The second-order valence-corrected chi connectivity index (χ2v) is 9.01. The number of carbonyl (C=O) groups is 2. The van der Waals surface area contributed by atoms with Crippen LogP contribution in [0.4, 0.5) is 0 Å². The van der Waals surface area contributed by atoms with Crippen LogP contribution in [0.25, 0.3) is 0 Å². The Balaban J connectivity index is 0.00000684. The number of hydrogen-bond donors (Lipinski definition) is 3. The molecule has 0 fully saturated rings. The van der Waals surface area contributed by atoms with Gasteiger partial charge in [0.1, 0.15) is 23.1 Å². The van der Waals surface area contributed by atoms with E-state index in [2.05, 4.69) is 0 Å².